The van der Waals surface area contributed by atoms with Crippen molar-refractivity contribution in [3.63, 3.8) is 0 Å². The van der Waals surface area contributed by atoms with Crippen molar-refractivity contribution in [2.45, 2.75) is 31.1 Å². The number of aromatic nitrogens is 2. The highest BCUT2D eigenvalue weighted by Crippen LogP contribution is 2.24. The van der Waals surface area contributed by atoms with Crippen molar-refractivity contribution < 1.29 is 8.42 Å². The van der Waals surface area contributed by atoms with Gasteiger partial charge in [0.15, 0.2) is 0 Å². The molecular weight excluding hydrogens is 310 g/mol. The minimum absolute atomic E-state index is 0.00322. The molecule has 1 heterocycles. The molecule has 1 N–H and O–H groups in total. The third-order valence-electron chi connectivity index (χ3n) is 2.91. The van der Waals surface area contributed by atoms with Crippen LogP contribution in [0, 0.1) is 0 Å². The Hall–Kier alpha value is -1.66. The van der Waals surface area contributed by atoms with Gasteiger partial charge >= 0.3 is 0 Å². The Bertz CT molecular complexity index is 720. The molecule has 5 nitrogen and oxygen atoms in total. The lowest BCUT2D eigenvalue weighted by Gasteiger charge is -2.19. The summed E-state index contributed by atoms with van der Waals surface area (Å²) in [5.41, 5.74) is 1.62. The lowest BCUT2D eigenvalue weighted by atomic mass is 9.87. The van der Waals surface area contributed by atoms with Gasteiger partial charge in [-0.2, -0.15) is 0 Å². The molecule has 0 amide bonds. The molecule has 0 saturated heterocycles. The van der Waals surface area contributed by atoms with Gasteiger partial charge in [-0.3, -0.25) is 4.72 Å². The number of hydrogen-bond acceptors (Lipinski definition) is 4. The third-order valence-corrected chi connectivity index (χ3v) is 4.44. The molecular formula is C14H16ClN3O2S. The number of benzene rings is 1. The van der Waals surface area contributed by atoms with Crippen LogP contribution in [0.5, 0.6) is 0 Å². The van der Waals surface area contributed by atoms with E-state index in [0.717, 1.165) is 5.56 Å². The second kappa shape index (κ2) is 5.61. The Kier molecular flexibility index (Phi) is 4.20. The van der Waals surface area contributed by atoms with Crippen molar-refractivity contribution in [1.82, 2.24) is 9.97 Å². The molecule has 0 bridgehead atoms. The molecule has 2 aromatic rings. The minimum atomic E-state index is -3.71. The normalized spacial score (nSPS) is 12.2. The van der Waals surface area contributed by atoms with Crippen LogP contribution in [-0.4, -0.2) is 18.4 Å². The maximum Gasteiger partial charge on any atom is 0.264 e. The molecule has 112 valence electrons. The smallest absolute Gasteiger partial charge is 0.264 e. The highest BCUT2D eigenvalue weighted by atomic mass is 35.5. The number of anilines is 1. The van der Waals surface area contributed by atoms with Crippen LogP contribution >= 0.6 is 11.6 Å². The molecule has 0 spiro atoms. The van der Waals surface area contributed by atoms with E-state index in [4.69, 9.17) is 11.6 Å². The van der Waals surface area contributed by atoms with Gasteiger partial charge in [0.2, 0.25) is 5.28 Å². The van der Waals surface area contributed by atoms with Crippen LogP contribution in [0.2, 0.25) is 5.28 Å². The summed E-state index contributed by atoms with van der Waals surface area (Å²) in [7, 11) is -3.71. The van der Waals surface area contributed by atoms with E-state index >= 15 is 0 Å². The predicted molar refractivity (Wildman–Crippen MR) is 83.0 cm³/mol. The summed E-state index contributed by atoms with van der Waals surface area (Å²) in [6.45, 7) is 6.28. The summed E-state index contributed by atoms with van der Waals surface area (Å²) in [5.74, 6) is 0. The lowest BCUT2D eigenvalue weighted by Crippen LogP contribution is -2.14. The van der Waals surface area contributed by atoms with Gasteiger partial charge < -0.3 is 0 Å². The minimum Gasteiger partial charge on any atom is -0.280 e. The summed E-state index contributed by atoms with van der Waals surface area (Å²) in [6.07, 6.45) is 2.34. The number of nitrogens with zero attached hydrogens (tertiary/aromatic N) is 2. The van der Waals surface area contributed by atoms with Crippen LogP contribution in [-0.2, 0) is 15.4 Å². The van der Waals surface area contributed by atoms with Crippen molar-refractivity contribution in [2.75, 3.05) is 4.72 Å². The number of rotatable bonds is 3. The Balaban J connectivity index is 2.23. The molecule has 0 radical (unpaired) electrons. The molecule has 0 aliphatic heterocycles. The van der Waals surface area contributed by atoms with Crippen LogP contribution in [0.4, 0.5) is 5.69 Å². The highest BCUT2D eigenvalue weighted by Gasteiger charge is 2.17. The molecule has 0 unspecified atom stereocenters. The first kappa shape index (κ1) is 15.7. The summed E-state index contributed by atoms with van der Waals surface area (Å²) in [6, 6.07) is 7.26. The van der Waals surface area contributed by atoms with Crippen LogP contribution in [0.1, 0.15) is 26.3 Å². The number of halogens is 1. The Morgan fingerprint density at radius 1 is 1.05 bits per heavy atom. The van der Waals surface area contributed by atoms with E-state index in [1.54, 1.807) is 12.1 Å². The maximum atomic E-state index is 12.2. The highest BCUT2D eigenvalue weighted by molar-refractivity contribution is 7.92. The Labute approximate surface area is 129 Å². The van der Waals surface area contributed by atoms with Crippen LogP contribution in [0.3, 0.4) is 0 Å². The zero-order valence-corrected chi connectivity index (χ0v) is 13.5. The fourth-order valence-corrected chi connectivity index (χ4v) is 2.74. The first-order valence-corrected chi connectivity index (χ1v) is 8.15. The monoisotopic (exact) mass is 325 g/mol. The van der Waals surface area contributed by atoms with Crippen LogP contribution in [0.25, 0.3) is 0 Å². The first-order chi connectivity index (χ1) is 9.68. The Morgan fingerprint density at radius 3 is 2.05 bits per heavy atom. The Morgan fingerprint density at radius 2 is 1.57 bits per heavy atom. The SMILES string of the molecule is CC(C)(C)c1ccc(NS(=O)(=O)c2cnc(Cl)nc2)cc1. The summed E-state index contributed by atoms with van der Waals surface area (Å²) in [5, 5.41) is 0.00322. The molecule has 0 aliphatic carbocycles. The quantitative estimate of drug-likeness (QED) is 0.879. The van der Waals surface area contributed by atoms with E-state index in [1.807, 2.05) is 12.1 Å². The third kappa shape index (κ3) is 3.92. The average molecular weight is 326 g/mol. The molecule has 1 aromatic carbocycles. The number of nitrogens with one attached hydrogen (secondary N) is 1. The van der Waals surface area contributed by atoms with Gasteiger partial charge in [-0.15, -0.1) is 0 Å². The van der Waals surface area contributed by atoms with E-state index < -0.39 is 10.0 Å². The van der Waals surface area contributed by atoms with Gasteiger partial charge in [-0.05, 0) is 34.7 Å². The molecule has 0 aliphatic rings. The zero-order valence-electron chi connectivity index (χ0n) is 12.0. The maximum absolute atomic E-state index is 12.2. The standard InChI is InChI=1S/C14H16ClN3O2S/c1-14(2,3)10-4-6-11(7-5-10)18-21(19,20)12-8-16-13(15)17-9-12/h4-9,18H,1-3H3. The molecule has 0 saturated carbocycles. The largest absolute Gasteiger partial charge is 0.280 e. The molecule has 0 atom stereocenters. The lowest BCUT2D eigenvalue weighted by molar-refractivity contribution is 0.590. The second-order valence-electron chi connectivity index (χ2n) is 5.62. The van der Waals surface area contributed by atoms with E-state index in [1.165, 1.54) is 12.4 Å². The van der Waals surface area contributed by atoms with Gasteiger partial charge in [0.25, 0.3) is 10.0 Å². The van der Waals surface area contributed by atoms with Gasteiger partial charge in [-0.25, -0.2) is 18.4 Å². The van der Waals surface area contributed by atoms with E-state index in [2.05, 4.69) is 35.5 Å². The molecule has 7 heteroatoms. The van der Waals surface area contributed by atoms with E-state index in [0.29, 0.717) is 5.69 Å². The van der Waals surface area contributed by atoms with Crippen molar-refractivity contribution in [3.8, 4) is 0 Å². The van der Waals surface area contributed by atoms with Crippen molar-refractivity contribution >= 4 is 27.3 Å². The van der Waals surface area contributed by atoms with Gasteiger partial charge in [0, 0.05) is 5.69 Å². The molecule has 2 rings (SSSR count). The average Bonchev–Trinajstić information content (AvgIpc) is 2.38. The fourth-order valence-electron chi connectivity index (χ4n) is 1.69. The van der Waals surface area contributed by atoms with E-state index in [-0.39, 0.29) is 15.6 Å². The van der Waals surface area contributed by atoms with Gasteiger partial charge in [0.1, 0.15) is 4.90 Å². The van der Waals surface area contributed by atoms with Crippen LogP contribution in [0.15, 0.2) is 41.6 Å². The number of hydrogen-bond donors (Lipinski definition) is 1. The molecule has 1 aromatic heterocycles. The van der Waals surface area contributed by atoms with Crippen molar-refractivity contribution in [3.05, 3.63) is 47.5 Å². The summed E-state index contributed by atoms with van der Waals surface area (Å²) < 4.78 is 26.8. The van der Waals surface area contributed by atoms with Gasteiger partial charge in [-0.1, -0.05) is 32.9 Å². The van der Waals surface area contributed by atoms with Crippen molar-refractivity contribution in [1.29, 1.82) is 0 Å². The van der Waals surface area contributed by atoms with Crippen molar-refractivity contribution in [2.24, 2.45) is 0 Å². The van der Waals surface area contributed by atoms with Crippen LogP contribution < -0.4 is 4.72 Å². The predicted octanol–water partition coefficient (Wildman–Crippen LogP) is 3.23. The van der Waals surface area contributed by atoms with E-state index in [9.17, 15) is 8.42 Å². The molecule has 21 heavy (non-hydrogen) atoms. The fraction of sp³-hybridized carbons (Fsp3) is 0.286. The summed E-state index contributed by atoms with van der Waals surface area (Å²) >= 11 is 5.54. The second-order valence-corrected chi connectivity index (χ2v) is 7.64. The molecule has 0 fully saturated rings. The van der Waals surface area contributed by atoms with Gasteiger partial charge in [0.05, 0.1) is 12.4 Å². The first-order valence-electron chi connectivity index (χ1n) is 6.29. The number of sulfonamides is 1. The zero-order chi connectivity index (χ0) is 15.7. The topological polar surface area (TPSA) is 72.0 Å². The summed E-state index contributed by atoms with van der Waals surface area (Å²) in [4.78, 5) is 7.30.